The van der Waals surface area contributed by atoms with E-state index < -0.39 is 23.6 Å². The van der Waals surface area contributed by atoms with E-state index in [0.29, 0.717) is 12.8 Å². The number of carboxylic acids is 1. The first-order valence-corrected chi connectivity index (χ1v) is 12.0. The lowest BCUT2D eigenvalue weighted by molar-refractivity contribution is -0.140. The van der Waals surface area contributed by atoms with Gasteiger partial charge in [-0.25, -0.2) is 4.79 Å². The van der Waals surface area contributed by atoms with Crippen LogP contribution >= 0.6 is 0 Å². The topological polar surface area (TPSA) is 114 Å². The molecule has 0 saturated carbocycles. The fraction of sp³-hybridized carbons (Fsp3) is 0.444. The summed E-state index contributed by atoms with van der Waals surface area (Å²) in [5, 5.41) is 14.5. The number of hydrogen-bond donors (Lipinski definition) is 3. The van der Waals surface area contributed by atoms with E-state index in [4.69, 9.17) is 14.6 Å². The molecule has 0 aromatic heterocycles. The van der Waals surface area contributed by atoms with Crippen molar-refractivity contribution in [1.29, 1.82) is 0 Å². The van der Waals surface area contributed by atoms with Crippen molar-refractivity contribution in [3.8, 4) is 11.1 Å². The number of methoxy groups -OCH3 is 1. The Morgan fingerprint density at radius 3 is 2.06 bits per heavy atom. The Balaban J connectivity index is 1.58. The molecule has 188 valence electrons. The Hall–Kier alpha value is -3.39. The smallest absolute Gasteiger partial charge is 0.407 e. The molecule has 8 nitrogen and oxygen atoms in total. The molecule has 35 heavy (non-hydrogen) atoms. The highest BCUT2D eigenvalue weighted by Crippen LogP contribution is 2.44. The number of carboxylic acid groups (broad SMARTS) is 1. The minimum Gasteiger partial charge on any atom is -0.481 e. The molecule has 8 heteroatoms. The standard InChI is InChI=1S/C27H34N2O6/c1-4-27(5-2,25(32)28-15-18(34-3)14-24(30)31)17-29-26(33)35-16-23-21-12-8-6-10-19(21)20-11-7-9-13-22(20)23/h6-13,18,23H,4-5,14-17H2,1-3H3,(H,28,32)(H,29,33)(H,30,31). The average Bonchev–Trinajstić information content (AvgIpc) is 3.19. The number of alkyl carbamates (subject to hydrolysis) is 1. The Bertz CT molecular complexity index is 1000. The third-order valence-electron chi connectivity index (χ3n) is 6.98. The number of rotatable bonds is 12. The molecule has 3 rings (SSSR count). The molecule has 0 fully saturated rings. The van der Waals surface area contributed by atoms with E-state index in [0.717, 1.165) is 22.3 Å². The van der Waals surface area contributed by atoms with Crippen LogP contribution in [0.2, 0.25) is 0 Å². The molecule has 0 radical (unpaired) electrons. The molecule has 0 aliphatic heterocycles. The molecule has 1 unspecified atom stereocenters. The van der Waals surface area contributed by atoms with Gasteiger partial charge in [-0.3, -0.25) is 9.59 Å². The van der Waals surface area contributed by atoms with Crippen molar-refractivity contribution in [3.05, 3.63) is 59.7 Å². The summed E-state index contributed by atoms with van der Waals surface area (Å²) < 4.78 is 10.7. The van der Waals surface area contributed by atoms with Gasteiger partial charge in [0.2, 0.25) is 5.91 Å². The van der Waals surface area contributed by atoms with Gasteiger partial charge in [-0.2, -0.15) is 0 Å². The van der Waals surface area contributed by atoms with Gasteiger partial charge in [0.15, 0.2) is 0 Å². The van der Waals surface area contributed by atoms with Crippen LogP contribution < -0.4 is 10.6 Å². The third kappa shape index (κ3) is 6.00. The van der Waals surface area contributed by atoms with Gasteiger partial charge in [0, 0.05) is 26.1 Å². The van der Waals surface area contributed by atoms with Crippen molar-refractivity contribution in [2.24, 2.45) is 5.41 Å². The number of aliphatic carboxylic acids is 1. The van der Waals surface area contributed by atoms with Gasteiger partial charge in [-0.15, -0.1) is 0 Å². The number of nitrogens with one attached hydrogen (secondary N) is 2. The maximum atomic E-state index is 13.0. The predicted octanol–water partition coefficient (Wildman–Crippen LogP) is 3.94. The van der Waals surface area contributed by atoms with Crippen LogP contribution in [0.25, 0.3) is 11.1 Å². The SMILES string of the molecule is CCC(CC)(CNC(=O)OCC1c2ccccc2-c2ccccc21)C(=O)NCC(CC(=O)O)OC. The number of fused-ring (bicyclic) bond motifs is 3. The second kappa shape index (κ2) is 11.8. The summed E-state index contributed by atoms with van der Waals surface area (Å²) in [6, 6.07) is 16.2. The molecule has 2 aromatic carbocycles. The molecular weight excluding hydrogens is 448 g/mol. The second-order valence-corrected chi connectivity index (χ2v) is 8.83. The van der Waals surface area contributed by atoms with Crippen LogP contribution in [-0.2, 0) is 19.1 Å². The van der Waals surface area contributed by atoms with Crippen LogP contribution in [-0.4, -0.2) is 56.0 Å². The molecule has 1 aliphatic rings. The minimum absolute atomic E-state index is 0.0428. The zero-order valence-corrected chi connectivity index (χ0v) is 20.5. The lowest BCUT2D eigenvalue weighted by atomic mass is 9.81. The summed E-state index contributed by atoms with van der Waals surface area (Å²) in [6.45, 7) is 4.15. The zero-order valence-electron chi connectivity index (χ0n) is 20.5. The van der Waals surface area contributed by atoms with E-state index in [1.807, 2.05) is 38.1 Å². The maximum absolute atomic E-state index is 13.0. The van der Waals surface area contributed by atoms with Crippen LogP contribution in [0.1, 0.15) is 50.2 Å². The predicted molar refractivity (Wildman–Crippen MR) is 132 cm³/mol. The number of hydrogen-bond acceptors (Lipinski definition) is 5. The Labute approximate surface area is 206 Å². The lowest BCUT2D eigenvalue weighted by Gasteiger charge is -2.31. The summed E-state index contributed by atoms with van der Waals surface area (Å²) >= 11 is 0. The molecule has 2 aromatic rings. The molecule has 0 heterocycles. The quantitative estimate of drug-likeness (QED) is 0.422. The van der Waals surface area contributed by atoms with Gasteiger partial charge in [-0.1, -0.05) is 62.4 Å². The first-order chi connectivity index (χ1) is 16.8. The van der Waals surface area contributed by atoms with E-state index in [2.05, 4.69) is 34.9 Å². The van der Waals surface area contributed by atoms with Crippen molar-refractivity contribution in [1.82, 2.24) is 10.6 Å². The van der Waals surface area contributed by atoms with Crippen LogP contribution in [0.15, 0.2) is 48.5 Å². The van der Waals surface area contributed by atoms with E-state index in [1.54, 1.807) is 0 Å². The first kappa shape index (κ1) is 26.2. The molecule has 1 atom stereocenters. The summed E-state index contributed by atoms with van der Waals surface area (Å²) in [7, 11) is 1.41. The van der Waals surface area contributed by atoms with E-state index in [9.17, 15) is 14.4 Å². The lowest BCUT2D eigenvalue weighted by Crippen LogP contribution is -2.49. The number of carbonyl (C=O) groups is 3. The largest absolute Gasteiger partial charge is 0.481 e. The highest BCUT2D eigenvalue weighted by Gasteiger charge is 2.36. The summed E-state index contributed by atoms with van der Waals surface area (Å²) in [6.07, 6.45) is -0.421. The van der Waals surface area contributed by atoms with Crippen LogP contribution in [0.4, 0.5) is 4.79 Å². The van der Waals surface area contributed by atoms with Gasteiger partial charge < -0.3 is 25.2 Å². The normalized spacial score (nSPS) is 13.5. The highest BCUT2D eigenvalue weighted by atomic mass is 16.5. The summed E-state index contributed by atoms with van der Waals surface area (Å²) in [4.78, 5) is 36.5. The number of ether oxygens (including phenoxy) is 2. The monoisotopic (exact) mass is 482 g/mol. The van der Waals surface area contributed by atoms with Crippen LogP contribution in [0.3, 0.4) is 0 Å². The first-order valence-electron chi connectivity index (χ1n) is 12.0. The number of amides is 2. The van der Waals surface area contributed by atoms with Gasteiger partial charge in [-0.05, 0) is 35.1 Å². The van der Waals surface area contributed by atoms with Gasteiger partial charge in [0.05, 0.1) is 17.9 Å². The molecular formula is C27H34N2O6. The maximum Gasteiger partial charge on any atom is 0.407 e. The van der Waals surface area contributed by atoms with Crippen molar-refractivity contribution in [3.63, 3.8) is 0 Å². The molecule has 3 N–H and O–H groups in total. The molecule has 1 aliphatic carbocycles. The van der Waals surface area contributed by atoms with Crippen molar-refractivity contribution in [2.45, 2.75) is 45.1 Å². The second-order valence-electron chi connectivity index (χ2n) is 8.83. The fourth-order valence-electron chi connectivity index (χ4n) is 4.62. The van der Waals surface area contributed by atoms with E-state index in [-0.39, 0.29) is 37.9 Å². The molecule has 2 amide bonds. The summed E-state index contributed by atoms with van der Waals surface area (Å²) in [5.74, 6) is -1.30. The van der Waals surface area contributed by atoms with Crippen LogP contribution in [0, 0.1) is 5.41 Å². The number of carbonyl (C=O) groups excluding carboxylic acids is 2. The van der Waals surface area contributed by atoms with E-state index >= 15 is 0 Å². The van der Waals surface area contributed by atoms with Gasteiger partial charge in [0.25, 0.3) is 0 Å². The molecule has 0 bridgehead atoms. The average molecular weight is 483 g/mol. The van der Waals surface area contributed by atoms with Crippen molar-refractivity contribution < 1.29 is 29.0 Å². The van der Waals surface area contributed by atoms with Gasteiger partial charge >= 0.3 is 12.1 Å². The molecule has 0 spiro atoms. The highest BCUT2D eigenvalue weighted by molar-refractivity contribution is 5.83. The Kier molecular flexibility index (Phi) is 8.87. The summed E-state index contributed by atoms with van der Waals surface area (Å²) in [5.41, 5.74) is 3.73. The van der Waals surface area contributed by atoms with Gasteiger partial charge in [0.1, 0.15) is 6.61 Å². The Morgan fingerprint density at radius 1 is 0.971 bits per heavy atom. The van der Waals surface area contributed by atoms with Crippen molar-refractivity contribution in [2.75, 3.05) is 26.8 Å². The third-order valence-corrected chi connectivity index (χ3v) is 6.98. The van der Waals surface area contributed by atoms with Crippen molar-refractivity contribution >= 4 is 18.0 Å². The Morgan fingerprint density at radius 2 is 1.54 bits per heavy atom. The van der Waals surface area contributed by atoms with Crippen LogP contribution in [0.5, 0.6) is 0 Å². The fourth-order valence-corrected chi connectivity index (χ4v) is 4.62. The molecule has 0 saturated heterocycles. The minimum atomic E-state index is -1.000. The number of benzene rings is 2. The zero-order chi connectivity index (χ0) is 25.4. The van der Waals surface area contributed by atoms with E-state index in [1.165, 1.54) is 7.11 Å².